The molecule has 0 unspecified atom stereocenters. The molecule has 0 spiro atoms. The second-order valence-corrected chi connectivity index (χ2v) is 9.55. The number of carbonyl (C=O) groups is 4. The van der Waals surface area contributed by atoms with Gasteiger partial charge in [-0.3, -0.25) is 19.2 Å². The number of methoxy groups -OCH3 is 1. The van der Waals surface area contributed by atoms with Crippen molar-refractivity contribution in [1.29, 1.82) is 0 Å². The number of nitrogens with zero attached hydrogens (tertiary/aromatic N) is 1. The fourth-order valence-corrected chi connectivity index (χ4v) is 3.85. The molecular formula is C26H33N3O6. The van der Waals surface area contributed by atoms with Crippen LogP contribution in [0.15, 0.2) is 40.9 Å². The van der Waals surface area contributed by atoms with Crippen LogP contribution in [0.25, 0.3) is 0 Å². The molecule has 0 radical (unpaired) electrons. The Morgan fingerprint density at radius 1 is 1.11 bits per heavy atom. The Morgan fingerprint density at radius 3 is 2.37 bits per heavy atom. The second-order valence-electron chi connectivity index (χ2n) is 9.55. The van der Waals surface area contributed by atoms with Gasteiger partial charge in [-0.2, -0.15) is 0 Å². The van der Waals surface area contributed by atoms with E-state index in [1.807, 2.05) is 37.3 Å². The van der Waals surface area contributed by atoms with Crippen LogP contribution in [-0.2, 0) is 25.5 Å². The van der Waals surface area contributed by atoms with Gasteiger partial charge in [0.05, 0.1) is 12.6 Å². The Kier molecular flexibility index (Phi) is 8.56. The zero-order chi connectivity index (χ0) is 25.6. The molecule has 0 bridgehead atoms. The summed E-state index contributed by atoms with van der Waals surface area (Å²) in [5.41, 5.74) is 0.599. The molecule has 9 heteroatoms. The molecule has 1 aliphatic carbocycles. The van der Waals surface area contributed by atoms with Crippen molar-refractivity contribution in [2.75, 3.05) is 13.7 Å². The third-order valence-corrected chi connectivity index (χ3v) is 6.35. The van der Waals surface area contributed by atoms with E-state index in [0.717, 1.165) is 18.4 Å². The van der Waals surface area contributed by atoms with Gasteiger partial charge in [0, 0.05) is 30.9 Å². The van der Waals surface area contributed by atoms with Gasteiger partial charge >= 0.3 is 0 Å². The average Bonchev–Trinajstić information content (AvgIpc) is 3.43. The van der Waals surface area contributed by atoms with Crippen LogP contribution in [0.3, 0.4) is 0 Å². The summed E-state index contributed by atoms with van der Waals surface area (Å²) in [6.45, 7) is 5.15. The number of aryl methyl sites for hydroxylation is 1. The van der Waals surface area contributed by atoms with Crippen LogP contribution >= 0.6 is 0 Å². The minimum Gasteiger partial charge on any atom is -0.382 e. The van der Waals surface area contributed by atoms with Gasteiger partial charge in [0.1, 0.15) is 11.8 Å². The molecule has 2 N–H and O–H groups in total. The molecule has 1 heterocycles. The van der Waals surface area contributed by atoms with Crippen LogP contribution < -0.4 is 10.6 Å². The number of carbonyl (C=O) groups excluding carboxylic acids is 4. The lowest BCUT2D eigenvalue weighted by molar-refractivity contribution is -0.133. The van der Waals surface area contributed by atoms with Gasteiger partial charge in [-0.1, -0.05) is 49.3 Å². The van der Waals surface area contributed by atoms with Crippen molar-refractivity contribution >= 4 is 23.4 Å². The van der Waals surface area contributed by atoms with E-state index in [1.54, 1.807) is 13.8 Å². The summed E-state index contributed by atoms with van der Waals surface area (Å²) < 4.78 is 9.99. The van der Waals surface area contributed by atoms with Crippen LogP contribution in [0.4, 0.5) is 0 Å². The average molecular weight is 484 g/mol. The Bertz CT molecular complexity index is 1060. The molecule has 2 aromatic rings. The number of nitrogens with one attached hydrogen (secondary N) is 2. The fraction of sp³-hybridized carbons (Fsp3) is 0.500. The van der Waals surface area contributed by atoms with Crippen LogP contribution in [0.1, 0.15) is 54.9 Å². The Balaban J connectivity index is 1.62. The summed E-state index contributed by atoms with van der Waals surface area (Å²) in [5.74, 6) is -1.53. The van der Waals surface area contributed by atoms with Gasteiger partial charge in [-0.15, -0.1) is 0 Å². The van der Waals surface area contributed by atoms with E-state index in [2.05, 4.69) is 15.8 Å². The number of ether oxygens (including phenoxy) is 1. The van der Waals surface area contributed by atoms with Crippen LogP contribution in [-0.4, -0.2) is 54.3 Å². The van der Waals surface area contributed by atoms with Crippen molar-refractivity contribution in [3.63, 3.8) is 0 Å². The molecule has 3 atom stereocenters. The highest BCUT2D eigenvalue weighted by Crippen LogP contribution is 2.46. The molecule has 3 rings (SSSR count). The van der Waals surface area contributed by atoms with Crippen molar-refractivity contribution in [2.45, 2.75) is 58.5 Å². The molecule has 35 heavy (non-hydrogen) atoms. The smallest absolute Gasteiger partial charge is 0.274 e. The summed E-state index contributed by atoms with van der Waals surface area (Å²) in [6.07, 6.45) is 1.89. The van der Waals surface area contributed by atoms with Crippen LogP contribution in [0, 0.1) is 18.3 Å². The monoisotopic (exact) mass is 483 g/mol. The molecule has 1 aliphatic rings. The Labute approximate surface area is 205 Å². The molecule has 0 saturated heterocycles. The predicted octanol–water partition coefficient (Wildman–Crippen LogP) is 2.42. The number of amides is 2. The molecule has 1 aromatic heterocycles. The van der Waals surface area contributed by atoms with Crippen LogP contribution in [0.2, 0.25) is 0 Å². The zero-order valence-electron chi connectivity index (χ0n) is 20.6. The lowest BCUT2D eigenvalue weighted by Gasteiger charge is -2.24. The van der Waals surface area contributed by atoms with Crippen LogP contribution in [0.5, 0.6) is 0 Å². The topological polar surface area (TPSA) is 128 Å². The zero-order valence-corrected chi connectivity index (χ0v) is 20.6. The predicted molar refractivity (Wildman–Crippen MR) is 128 cm³/mol. The van der Waals surface area contributed by atoms with Crippen molar-refractivity contribution in [1.82, 2.24) is 15.8 Å². The maximum absolute atomic E-state index is 13.1. The number of benzene rings is 1. The number of rotatable bonds is 13. The molecule has 1 saturated carbocycles. The molecule has 1 aromatic carbocycles. The van der Waals surface area contributed by atoms with Gasteiger partial charge in [0.15, 0.2) is 17.3 Å². The number of ketones is 2. The van der Waals surface area contributed by atoms with Gasteiger partial charge in [0.2, 0.25) is 5.91 Å². The summed E-state index contributed by atoms with van der Waals surface area (Å²) in [7, 11) is 1.42. The molecule has 9 nitrogen and oxygen atoms in total. The highest BCUT2D eigenvalue weighted by molar-refractivity contribution is 5.98. The van der Waals surface area contributed by atoms with E-state index in [-0.39, 0.29) is 36.2 Å². The normalized spacial score (nSPS) is 16.6. The van der Waals surface area contributed by atoms with E-state index in [0.29, 0.717) is 12.2 Å². The maximum Gasteiger partial charge on any atom is 0.274 e. The number of aromatic nitrogens is 1. The first-order chi connectivity index (χ1) is 16.6. The van der Waals surface area contributed by atoms with Crippen molar-refractivity contribution in [2.24, 2.45) is 11.3 Å². The lowest BCUT2D eigenvalue weighted by atomic mass is 9.91. The SMILES string of the molecule is COC[C@H](NC(=O)c1cc(C)on1)C(=O)C[C@@H](C)C(=O)N[C@@H](Cc1ccccc1)C(=O)C1(C)CC1. The standard InChI is InChI=1S/C26H33N3O6/c1-16(12-22(30)21(15-34-4)28-25(33)20-13-17(2)35-29-20)24(32)27-19(23(31)26(3)10-11-26)14-18-8-6-5-7-9-18/h5-9,13,16,19,21H,10-12,14-15H2,1-4H3,(H,27,32)(H,28,33)/t16-,19+,21+/m1/s1. The van der Waals surface area contributed by atoms with E-state index in [1.165, 1.54) is 13.2 Å². The van der Waals surface area contributed by atoms with Gasteiger partial charge in [-0.05, 0) is 31.7 Å². The third-order valence-electron chi connectivity index (χ3n) is 6.35. The molecular weight excluding hydrogens is 450 g/mol. The maximum atomic E-state index is 13.1. The Hall–Kier alpha value is -3.33. The van der Waals surface area contributed by atoms with E-state index in [9.17, 15) is 19.2 Å². The highest BCUT2D eigenvalue weighted by Gasteiger charge is 2.47. The third kappa shape index (κ3) is 7.08. The van der Waals surface area contributed by atoms with Crippen molar-refractivity contribution < 1.29 is 28.4 Å². The van der Waals surface area contributed by atoms with Crippen molar-refractivity contribution in [3.05, 3.63) is 53.4 Å². The number of hydrogen-bond acceptors (Lipinski definition) is 7. The quantitative estimate of drug-likeness (QED) is 0.448. The van der Waals surface area contributed by atoms with Gasteiger partial charge in [-0.25, -0.2) is 0 Å². The number of hydrogen-bond donors (Lipinski definition) is 2. The van der Waals surface area contributed by atoms with E-state index < -0.39 is 29.3 Å². The molecule has 0 aliphatic heterocycles. The van der Waals surface area contributed by atoms with E-state index >= 15 is 0 Å². The summed E-state index contributed by atoms with van der Waals surface area (Å²) in [5, 5.41) is 9.12. The molecule has 188 valence electrons. The Morgan fingerprint density at radius 2 is 1.80 bits per heavy atom. The summed E-state index contributed by atoms with van der Waals surface area (Å²) in [4.78, 5) is 51.4. The first-order valence-corrected chi connectivity index (χ1v) is 11.8. The first-order valence-electron chi connectivity index (χ1n) is 11.8. The number of Topliss-reactive ketones (excluding diaryl/α,β-unsaturated/α-hetero) is 2. The lowest BCUT2D eigenvalue weighted by Crippen LogP contribution is -2.48. The largest absolute Gasteiger partial charge is 0.382 e. The van der Waals surface area contributed by atoms with Gasteiger partial charge in [0.25, 0.3) is 5.91 Å². The van der Waals surface area contributed by atoms with E-state index in [4.69, 9.17) is 9.26 Å². The molecule has 1 fully saturated rings. The summed E-state index contributed by atoms with van der Waals surface area (Å²) >= 11 is 0. The highest BCUT2D eigenvalue weighted by atomic mass is 16.5. The van der Waals surface area contributed by atoms with Gasteiger partial charge < -0.3 is 19.9 Å². The molecule has 2 amide bonds. The summed E-state index contributed by atoms with van der Waals surface area (Å²) in [6, 6.07) is 9.36. The second kappa shape index (κ2) is 11.4. The first kappa shape index (κ1) is 26.3. The fourth-order valence-electron chi connectivity index (χ4n) is 3.85. The van der Waals surface area contributed by atoms with Crippen molar-refractivity contribution in [3.8, 4) is 0 Å². The minimum atomic E-state index is -0.952. The minimum absolute atomic E-state index is 0.0145.